The van der Waals surface area contributed by atoms with Crippen molar-refractivity contribution in [3.8, 4) is 5.75 Å². The summed E-state index contributed by atoms with van der Waals surface area (Å²) in [4.78, 5) is 28.8. The van der Waals surface area contributed by atoms with Crippen molar-refractivity contribution in [1.82, 2.24) is 9.80 Å². The predicted octanol–water partition coefficient (Wildman–Crippen LogP) is 2.46. The second kappa shape index (κ2) is 8.71. The van der Waals surface area contributed by atoms with Gasteiger partial charge in [0, 0.05) is 26.2 Å². The molecule has 1 saturated heterocycles. The van der Waals surface area contributed by atoms with E-state index in [1.807, 2.05) is 65.3 Å². The number of methoxy groups -OCH3 is 1. The van der Waals surface area contributed by atoms with E-state index in [0.717, 1.165) is 22.4 Å². The normalized spacial score (nSPS) is 14.1. The Balaban J connectivity index is 1.50. The maximum absolute atomic E-state index is 12.6. The van der Waals surface area contributed by atoms with Crippen LogP contribution in [-0.4, -0.2) is 54.9 Å². The van der Waals surface area contributed by atoms with Crippen LogP contribution >= 0.6 is 0 Å². The molecule has 2 aromatic carbocycles. The molecule has 2 aromatic rings. The fraction of sp³-hybridized carbons (Fsp3) is 0.364. The van der Waals surface area contributed by atoms with E-state index in [0.29, 0.717) is 39.0 Å². The second-order valence-electron chi connectivity index (χ2n) is 6.96. The van der Waals surface area contributed by atoms with Crippen molar-refractivity contribution < 1.29 is 14.3 Å². The molecule has 1 fully saturated rings. The highest BCUT2D eigenvalue weighted by Crippen LogP contribution is 2.15. The quantitative estimate of drug-likeness (QED) is 0.817. The van der Waals surface area contributed by atoms with Gasteiger partial charge in [-0.05, 0) is 30.2 Å². The van der Waals surface area contributed by atoms with Crippen molar-refractivity contribution in [3.05, 3.63) is 65.2 Å². The Labute approximate surface area is 160 Å². The van der Waals surface area contributed by atoms with Crippen LogP contribution in [-0.2, 0) is 22.4 Å². The number of piperazine rings is 1. The van der Waals surface area contributed by atoms with E-state index >= 15 is 0 Å². The highest BCUT2D eigenvalue weighted by Gasteiger charge is 2.24. The molecule has 0 aliphatic carbocycles. The van der Waals surface area contributed by atoms with Gasteiger partial charge in [-0.2, -0.15) is 0 Å². The molecule has 1 aliphatic heterocycles. The van der Waals surface area contributed by atoms with E-state index in [2.05, 4.69) is 0 Å². The molecule has 0 aromatic heterocycles. The number of carbonyl (C=O) groups excluding carboxylic acids is 2. The zero-order valence-corrected chi connectivity index (χ0v) is 16.0. The zero-order chi connectivity index (χ0) is 19.2. The summed E-state index contributed by atoms with van der Waals surface area (Å²) in [6.07, 6.45) is 0.772. The smallest absolute Gasteiger partial charge is 0.227 e. The monoisotopic (exact) mass is 366 g/mol. The van der Waals surface area contributed by atoms with Crippen LogP contribution in [0.25, 0.3) is 0 Å². The Morgan fingerprint density at radius 3 is 1.89 bits per heavy atom. The van der Waals surface area contributed by atoms with Gasteiger partial charge in [-0.1, -0.05) is 42.0 Å². The van der Waals surface area contributed by atoms with Crippen LogP contribution < -0.4 is 4.74 Å². The molecule has 142 valence electrons. The molecule has 27 heavy (non-hydrogen) atoms. The topological polar surface area (TPSA) is 49.9 Å². The lowest BCUT2D eigenvalue weighted by Crippen LogP contribution is -2.51. The largest absolute Gasteiger partial charge is 0.497 e. The average molecular weight is 366 g/mol. The highest BCUT2D eigenvalue weighted by atomic mass is 16.5. The molecule has 2 amide bonds. The van der Waals surface area contributed by atoms with Gasteiger partial charge in [-0.25, -0.2) is 0 Å². The Bertz CT molecular complexity index is 811. The number of hydrogen-bond donors (Lipinski definition) is 0. The first-order chi connectivity index (χ1) is 13.0. The van der Waals surface area contributed by atoms with Gasteiger partial charge in [0.25, 0.3) is 0 Å². The number of amides is 2. The number of benzene rings is 2. The average Bonchev–Trinajstić information content (AvgIpc) is 2.68. The lowest BCUT2D eigenvalue weighted by Gasteiger charge is -2.35. The number of hydrogen-bond acceptors (Lipinski definition) is 3. The summed E-state index contributed by atoms with van der Waals surface area (Å²) in [6, 6.07) is 15.6. The Hall–Kier alpha value is -2.82. The third-order valence-electron chi connectivity index (χ3n) is 4.91. The fourth-order valence-corrected chi connectivity index (χ4v) is 3.38. The van der Waals surface area contributed by atoms with Crippen LogP contribution in [0.15, 0.2) is 48.5 Å². The molecular weight excluding hydrogens is 340 g/mol. The third-order valence-corrected chi connectivity index (χ3v) is 4.91. The summed E-state index contributed by atoms with van der Waals surface area (Å²) in [5, 5.41) is 0. The van der Waals surface area contributed by atoms with Gasteiger partial charge in [-0.3, -0.25) is 9.59 Å². The van der Waals surface area contributed by atoms with Gasteiger partial charge in [0.1, 0.15) is 5.75 Å². The van der Waals surface area contributed by atoms with Crippen LogP contribution in [0.3, 0.4) is 0 Å². The summed E-state index contributed by atoms with van der Waals surface area (Å²) >= 11 is 0. The molecule has 1 heterocycles. The maximum atomic E-state index is 12.6. The number of carbonyl (C=O) groups is 2. The van der Waals surface area contributed by atoms with E-state index in [-0.39, 0.29) is 11.8 Å². The van der Waals surface area contributed by atoms with Crippen molar-refractivity contribution in [2.75, 3.05) is 33.3 Å². The maximum Gasteiger partial charge on any atom is 0.227 e. The van der Waals surface area contributed by atoms with E-state index in [9.17, 15) is 9.59 Å². The van der Waals surface area contributed by atoms with Gasteiger partial charge in [0.05, 0.1) is 20.0 Å². The highest BCUT2D eigenvalue weighted by molar-refractivity contribution is 5.81. The molecule has 0 radical (unpaired) electrons. The van der Waals surface area contributed by atoms with Gasteiger partial charge in [0.2, 0.25) is 11.8 Å². The van der Waals surface area contributed by atoms with E-state index in [1.165, 1.54) is 0 Å². The minimum atomic E-state index is 0.0917. The number of aryl methyl sites for hydroxylation is 1. The molecule has 3 rings (SSSR count). The van der Waals surface area contributed by atoms with Crippen LogP contribution in [0.1, 0.15) is 16.7 Å². The third kappa shape index (κ3) is 5.09. The van der Waals surface area contributed by atoms with Crippen LogP contribution in [0, 0.1) is 6.92 Å². The molecule has 1 aliphatic rings. The molecular formula is C22H26N2O3. The molecule has 0 saturated carbocycles. The van der Waals surface area contributed by atoms with Gasteiger partial charge < -0.3 is 14.5 Å². The van der Waals surface area contributed by atoms with Crippen LogP contribution in [0.2, 0.25) is 0 Å². The van der Waals surface area contributed by atoms with E-state index in [1.54, 1.807) is 7.11 Å². The SMILES string of the molecule is COc1cccc(CC(=O)N2CCN(C(=O)Cc3cccc(C)c3)CC2)c1. The Morgan fingerprint density at radius 2 is 1.37 bits per heavy atom. The molecule has 0 atom stereocenters. The van der Waals surface area contributed by atoms with Gasteiger partial charge >= 0.3 is 0 Å². The zero-order valence-electron chi connectivity index (χ0n) is 16.0. The molecule has 5 nitrogen and oxygen atoms in total. The summed E-state index contributed by atoms with van der Waals surface area (Å²) in [5.74, 6) is 0.974. The fourth-order valence-electron chi connectivity index (χ4n) is 3.38. The summed E-state index contributed by atoms with van der Waals surface area (Å²) in [6.45, 7) is 4.38. The Kier molecular flexibility index (Phi) is 6.12. The molecule has 0 bridgehead atoms. The summed E-state index contributed by atoms with van der Waals surface area (Å²) in [5.41, 5.74) is 3.14. The van der Waals surface area contributed by atoms with E-state index < -0.39 is 0 Å². The van der Waals surface area contributed by atoms with Crippen molar-refractivity contribution in [3.63, 3.8) is 0 Å². The standard InChI is InChI=1S/C22H26N2O3/c1-17-5-3-6-18(13-17)15-21(25)23-9-11-24(12-10-23)22(26)16-19-7-4-8-20(14-19)27-2/h3-8,13-14H,9-12,15-16H2,1-2H3. The number of rotatable bonds is 5. The van der Waals surface area contributed by atoms with Crippen molar-refractivity contribution in [2.24, 2.45) is 0 Å². The molecule has 0 unspecified atom stereocenters. The first-order valence-corrected chi connectivity index (χ1v) is 9.29. The molecule has 0 N–H and O–H groups in total. The minimum Gasteiger partial charge on any atom is -0.497 e. The lowest BCUT2D eigenvalue weighted by atomic mass is 10.1. The summed E-state index contributed by atoms with van der Waals surface area (Å²) in [7, 11) is 1.62. The van der Waals surface area contributed by atoms with E-state index in [4.69, 9.17) is 4.74 Å². The lowest BCUT2D eigenvalue weighted by molar-refractivity contribution is -0.138. The van der Waals surface area contributed by atoms with Crippen molar-refractivity contribution in [1.29, 1.82) is 0 Å². The van der Waals surface area contributed by atoms with Crippen LogP contribution in [0.4, 0.5) is 0 Å². The second-order valence-corrected chi connectivity index (χ2v) is 6.96. The van der Waals surface area contributed by atoms with Crippen molar-refractivity contribution in [2.45, 2.75) is 19.8 Å². The van der Waals surface area contributed by atoms with Crippen LogP contribution in [0.5, 0.6) is 5.75 Å². The first-order valence-electron chi connectivity index (χ1n) is 9.29. The van der Waals surface area contributed by atoms with Gasteiger partial charge in [0.15, 0.2) is 0 Å². The van der Waals surface area contributed by atoms with Crippen molar-refractivity contribution >= 4 is 11.8 Å². The summed E-state index contributed by atoms with van der Waals surface area (Å²) < 4.78 is 5.21. The molecule has 0 spiro atoms. The van der Waals surface area contributed by atoms with Gasteiger partial charge in [-0.15, -0.1) is 0 Å². The molecule has 5 heteroatoms. The Morgan fingerprint density at radius 1 is 0.852 bits per heavy atom. The number of nitrogens with zero attached hydrogens (tertiary/aromatic N) is 2. The first kappa shape index (κ1) is 19.0. The predicted molar refractivity (Wildman–Crippen MR) is 105 cm³/mol. The minimum absolute atomic E-state index is 0.0917. The number of ether oxygens (including phenoxy) is 1.